The maximum Gasteiger partial charge on any atom is 0.196 e. The summed E-state index contributed by atoms with van der Waals surface area (Å²) in [5, 5.41) is 1.14. The Morgan fingerprint density at radius 2 is 2.18 bits per heavy atom. The van der Waals surface area contributed by atoms with Gasteiger partial charge in [0.2, 0.25) is 0 Å². The van der Waals surface area contributed by atoms with Gasteiger partial charge in [0.1, 0.15) is 5.70 Å². The van der Waals surface area contributed by atoms with Crippen LogP contribution in [0.5, 0.6) is 0 Å². The average Bonchev–Trinajstić information content (AvgIpc) is 2.06. The Labute approximate surface area is 68.8 Å². The lowest BCUT2D eigenvalue weighted by Crippen LogP contribution is -2.41. The fourth-order valence-corrected chi connectivity index (χ4v) is 1.93. The first-order chi connectivity index (χ1) is 5.17. The second-order valence-corrected chi connectivity index (χ2v) is 7.39. The van der Waals surface area contributed by atoms with Gasteiger partial charge in [0.05, 0.1) is 0 Å². The lowest BCUT2D eigenvalue weighted by molar-refractivity contribution is 1.37. The van der Waals surface area contributed by atoms with Crippen LogP contribution in [0, 0.1) is 6.58 Å². The molecule has 2 heteroatoms. The largest absolute Gasteiger partial charge is 0.265 e. The molecule has 1 heterocycles. The SMILES string of the molecule is [CH+]=C[Si](C)(C)c1ccccn1. The Bertz CT molecular complexity index is 241. The molecule has 0 aromatic carbocycles. The maximum atomic E-state index is 5.54. The Morgan fingerprint density at radius 3 is 2.64 bits per heavy atom. The van der Waals surface area contributed by atoms with Crippen LogP contribution in [0.1, 0.15) is 0 Å². The third-order valence-electron chi connectivity index (χ3n) is 1.74. The van der Waals surface area contributed by atoms with E-state index in [1.807, 2.05) is 24.4 Å². The highest BCUT2D eigenvalue weighted by atomic mass is 28.3. The van der Waals surface area contributed by atoms with Crippen molar-refractivity contribution in [2.24, 2.45) is 0 Å². The molecule has 0 atom stereocenters. The van der Waals surface area contributed by atoms with E-state index in [2.05, 4.69) is 18.1 Å². The number of aromatic nitrogens is 1. The van der Waals surface area contributed by atoms with Crippen LogP contribution in [0.3, 0.4) is 0 Å². The molecule has 0 aliphatic rings. The minimum absolute atomic E-state index is 1.14. The van der Waals surface area contributed by atoms with Crippen molar-refractivity contribution in [3.63, 3.8) is 0 Å². The van der Waals surface area contributed by atoms with Crippen LogP contribution in [-0.4, -0.2) is 13.1 Å². The third kappa shape index (κ3) is 1.73. The zero-order valence-electron chi connectivity index (χ0n) is 6.91. The predicted octanol–water partition coefficient (Wildman–Crippen LogP) is 1.53. The van der Waals surface area contributed by atoms with E-state index in [0.717, 1.165) is 5.32 Å². The fourth-order valence-electron chi connectivity index (χ4n) is 0.829. The Morgan fingerprint density at radius 1 is 1.45 bits per heavy atom. The van der Waals surface area contributed by atoms with Crippen molar-refractivity contribution in [1.82, 2.24) is 4.98 Å². The Hall–Kier alpha value is -0.983. The standard InChI is InChI=1S/C9H12NSi/c1-4-11(2,3)9-7-5-6-8-10-9/h1,4-8H,2-3H3/q+1. The van der Waals surface area contributed by atoms with Crippen molar-refractivity contribution in [3.8, 4) is 0 Å². The minimum atomic E-state index is -1.51. The Balaban J connectivity index is 3.02. The summed E-state index contributed by atoms with van der Waals surface area (Å²) in [6, 6.07) is 5.96. The van der Waals surface area contributed by atoms with E-state index in [4.69, 9.17) is 6.58 Å². The quantitative estimate of drug-likeness (QED) is 0.474. The molecule has 0 amide bonds. The molecule has 1 aromatic rings. The molecule has 1 nitrogen and oxygen atoms in total. The molecule has 0 aliphatic carbocycles. The van der Waals surface area contributed by atoms with Gasteiger partial charge in [-0.2, -0.15) is 0 Å². The van der Waals surface area contributed by atoms with Gasteiger partial charge in [-0.1, -0.05) is 19.2 Å². The van der Waals surface area contributed by atoms with Crippen molar-refractivity contribution >= 4 is 13.4 Å². The summed E-state index contributed by atoms with van der Waals surface area (Å²) in [4.78, 5) is 4.27. The molecule has 0 spiro atoms. The van der Waals surface area contributed by atoms with Crippen LogP contribution in [0.2, 0.25) is 13.1 Å². The van der Waals surface area contributed by atoms with Crippen molar-refractivity contribution in [2.45, 2.75) is 13.1 Å². The van der Waals surface area contributed by atoms with Crippen molar-refractivity contribution in [2.75, 3.05) is 0 Å². The van der Waals surface area contributed by atoms with Crippen LogP contribution >= 0.6 is 0 Å². The van der Waals surface area contributed by atoms with Gasteiger partial charge < -0.3 is 0 Å². The van der Waals surface area contributed by atoms with Crippen LogP contribution in [0.15, 0.2) is 30.1 Å². The molecular formula is C9H12NSi+. The van der Waals surface area contributed by atoms with E-state index >= 15 is 0 Å². The van der Waals surface area contributed by atoms with Gasteiger partial charge in [-0.05, 0) is 12.1 Å². The smallest absolute Gasteiger partial charge is 0.196 e. The second kappa shape index (κ2) is 2.95. The second-order valence-electron chi connectivity index (χ2n) is 3.10. The highest BCUT2D eigenvalue weighted by molar-refractivity contribution is 6.93. The molecule has 0 saturated heterocycles. The first kappa shape index (κ1) is 8.12. The normalized spacial score (nSPS) is 11.0. The van der Waals surface area contributed by atoms with E-state index in [1.165, 1.54) is 0 Å². The first-order valence-corrected chi connectivity index (χ1v) is 6.72. The molecule has 0 unspecified atom stereocenters. The number of pyridine rings is 1. The summed E-state index contributed by atoms with van der Waals surface area (Å²) in [7, 11) is -1.51. The third-order valence-corrected chi connectivity index (χ3v) is 4.19. The lowest BCUT2D eigenvalue weighted by atomic mass is 10.5. The summed E-state index contributed by atoms with van der Waals surface area (Å²) >= 11 is 0. The van der Waals surface area contributed by atoms with Gasteiger partial charge >= 0.3 is 0 Å². The van der Waals surface area contributed by atoms with Gasteiger partial charge in [0.25, 0.3) is 0 Å². The van der Waals surface area contributed by atoms with E-state index in [0.29, 0.717) is 0 Å². The van der Waals surface area contributed by atoms with Crippen molar-refractivity contribution in [3.05, 3.63) is 36.7 Å². The molecule has 0 fully saturated rings. The number of nitrogens with zero attached hydrogens (tertiary/aromatic N) is 1. The van der Waals surface area contributed by atoms with Crippen molar-refractivity contribution in [1.29, 1.82) is 0 Å². The minimum Gasteiger partial charge on any atom is -0.265 e. The van der Waals surface area contributed by atoms with E-state index in [9.17, 15) is 0 Å². The van der Waals surface area contributed by atoms with E-state index < -0.39 is 8.07 Å². The van der Waals surface area contributed by atoms with Gasteiger partial charge in [-0.25, -0.2) is 0 Å². The number of rotatable bonds is 2. The van der Waals surface area contributed by atoms with Crippen molar-refractivity contribution < 1.29 is 0 Å². The highest BCUT2D eigenvalue weighted by Gasteiger charge is 2.25. The van der Waals surface area contributed by atoms with Crippen LogP contribution < -0.4 is 5.32 Å². The monoisotopic (exact) mass is 162 g/mol. The zero-order chi connectivity index (χ0) is 8.32. The lowest BCUT2D eigenvalue weighted by Gasteiger charge is -2.10. The van der Waals surface area contributed by atoms with E-state index in [-0.39, 0.29) is 0 Å². The Kier molecular flexibility index (Phi) is 2.18. The van der Waals surface area contributed by atoms with Crippen LogP contribution in [-0.2, 0) is 0 Å². The molecule has 0 radical (unpaired) electrons. The summed E-state index contributed by atoms with van der Waals surface area (Å²) < 4.78 is 0. The highest BCUT2D eigenvalue weighted by Crippen LogP contribution is 2.00. The summed E-state index contributed by atoms with van der Waals surface area (Å²) in [6.45, 7) is 9.89. The molecule has 0 N–H and O–H groups in total. The summed E-state index contributed by atoms with van der Waals surface area (Å²) in [5.74, 6) is 0. The molecule has 1 rings (SSSR count). The molecule has 1 aromatic heterocycles. The zero-order valence-corrected chi connectivity index (χ0v) is 7.91. The van der Waals surface area contributed by atoms with Gasteiger partial charge in [-0.3, -0.25) is 4.98 Å². The summed E-state index contributed by atoms with van der Waals surface area (Å²) in [5.41, 5.74) is 1.80. The number of hydrogen-bond acceptors (Lipinski definition) is 1. The molecule has 0 aliphatic heterocycles. The van der Waals surface area contributed by atoms with Crippen LogP contribution in [0.4, 0.5) is 0 Å². The molecule has 56 valence electrons. The average molecular weight is 162 g/mol. The maximum absolute atomic E-state index is 5.54. The fraction of sp³-hybridized carbons (Fsp3) is 0.222. The van der Waals surface area contributed by atoms with E-state index in [1.54, 1.807) is 5.70 Å². The topological polar surface area (TPSA) is 12.9 Å². The first-order valence-electron chi connectivity index (χ1n) is 3.64. The summed E-state index contributed by atoms with van der Waals surface area (Å²) in [6.07, 6.45) is 1.81. The van der Waals surface area contributed by atoms with Gasteiger partial charge in [-0.15, -0.1) is 0 Å². The van der Waals surface area contributed by atoms with Crippen LogP contribution in [0.25, 0.3) is 0 Å². The predicted molar refractivity (Wildman–Crippen MR) is 50.2 cm³/mol. The molecular weight excluding hydrogens is 150 g/mol. The number of hydrogen-bond donors (Lipinski definition) is 0. The van der Waals surface area contributed by atoms with Gasteiger partial charge in [0, 0.05) is 11.5 Å². The molecule has 11 heavy (non-hydrogen) atoms. The molecule has 0 saturated carbocycles. The molecule has 0 bridgehead atoms. The van der Waals surface area contributed by atoms with Gasteiger partial charge in [0.15, 0.2) is 14.7 Å².